The quantitative estimate of drug-likeness (QED) is 0.684. The molecule has 1 saturated carbocycles. The fourth-order valence-electron chi connectivity index (χ4n) is 1.55. The highest BCUT2D eigenvalue weighted by atomic mass is 79.9. The van der Waals surface area contributed by atoms with Gasteiger partial charge in [-0.2, -0.15) is 0 Å². The summed E-state index contributed by atoms with van der Waals surface area (Å²) in [6.07, 6.45) is 0.0658. The second-order valence-corrected chi connectivity index (χ2v) is 4.84. The molecule has 1 fully saturated rings. The molecule has 0 radical (unpaired) electrons. The molecule has 1 rings (SSSR count). The van der Waals surface area contributed by atoms with Gasteiger partial charge >= 0.3 is 0 Å². The van der Waals surface area contributed by atoms with Crippen molar-refractivity contribution in [3.63, 3.8) is 0 Å². The van der Waals surface area contributed by atoms with Crippen molar-refractivity contribution in [3.05, 3.63) is 0 Å². The van der Waals surface area contributed by atoms with Gasteiger partial charge in [-0.1, -0.05) is 15.9 Å². The Morgan fingerprint density at radius 1 is 1.50 bits per heavy atom. The zero-order valence-electron chi connectivity index (χ0n) is 7.14. The summed E-state index contributed by atoms with van der Waals surface area (Å²) < 4.78 is 23.8. The first-order valence-electron chi connectivity index (χ1n) is 4.18. The molecule has 12 heavy (non-hydrogen) atoms. The lowest BCUT2D eigenvalue weighted by Gasteiger charge is -2.34. The first-order valence-corrected chi connectivity index (χ1v) is 5.10. The molecule has 0 N–H and O–H groups in total. The van der Waals surface area contributed by atoms with E-state index in [-0.39, 0.29) is 6.54 Å². The minimum absolute atomic E-state index is 0.0938. The Morgan fingerprint density at radius 2 is 2.08 bits per heavy atom. The van der Waals surface area contributed by atoms with Crippen molar-refractivity contribution in [2.45, 2.75) is 24.1 Å². The zero-order chi connectivity index (χ0) is 9.14. The second kappa shape index (κ2) is 4.51. The van der Waals surface area contributed by atoms with E-state index in [0.29, 0.717) is 10.7 Å². The Kier molecular flexibility index (Phi) is 3.90. The Bertz CT molecular complexity index is 137. The van der Waals surface area contributed by atoms with Crippen LogP contribution in [0.4, 0.5) is 8.78 Å². The van der Waals surface area contributed by atoms with Crippen molar-refractivity contribution in [1.29, 1.82) is 0 Å². The van der Waals surface area contributed by atoms with Gasteiger partial charge in [-0.15, -0.1) is 0 Å². The molecular formula is C8H14BrF2N. The topological polar surface area (TPSA) is 3.24 Å². The molecule has 0 heterocycles. The van der Waals surface area contributed by atoms with E-state index < -0.39 is 6.43 Å². The number of halogens is 3. The van der Waals surface area contributed by atoms with E-state index in [9.17, 15) is 8.78 Å². The first-order chi connectivity index (χ1) is 5.58. The van der Waals surface area contributed by atoms with Crippen LogP contribution in [-0.2, 0) is 0 Å². The van der Waals surface area contributed by atoms with Crippen LogP contribution in [0.25, 0.3) is 0 Å². The summed E-state index contributed by atoms with van der Waals surface area (Å²) in [6.45, 7) is 0.718. The summed E-state index contributed by atoms with van der Waals surface area (Å²) in [5.74, 6) is 0.623. The summed E-state index contributed by atoms with van der Waals surface area (Å²) in [5.41, 5.74) is 0. The minimum Gasteiger partial charge on any atom is -0.301 e. The monoisotopic (exact) mass is 241 g/mol. The summed E-state index contributed by atoms with van der Waals surface area (Å²) in [5, 5.41) is 0. The van der Waals surface area contributed by atoms with Gasteiger partial charge in [0.1, 0.15) is 0 Å². The fraction of sp³-hybridized carbons (Fsp3) is 1.00. The lowest BCUT2D eigenvalue weighted by Crippen LogP contribution is -2.36. The highest BCUT2D eigenvalue weighted by molar-refractivity contribution is 9.09. The third-order valence-electron chi connectivity index (χ3n) is 2.20. The molecule has 1 aliphatic carbocycles. The maximum absolute atomic E-state index is 11.9. The van der Waals surface area contributed by atoms with Gasteiger partial charge in [0, 0.05) is 11.4 Å². The largest absolute Gasteiger partial charge is 0.301 e. The molecule has 0 aromatic rings. The lowest BCUT2D eigenvalue weighted by molar-refractivity contribution is 0.0858. The smallest absolute Gasteiger partial charge is 0.251 e. The van der Waals surface area contributed by atoms with Gasteiger partial charge in [0.2, 0.25) is 0 Å². The maximum atomic E-state index is 11.9. The Balaban J connectivity index is 2.06. The van der Waals surface area contributed by atoms with E-state index >= 15 is 0 Å². The Hall–Kier alpha value is 0.300. The van der Waals surface area contributed by atoms with Crippen LogP contribution in [0.3, 0.4) is 0 Å². The van der Waals surface area contributed by atoms with E-state index in [4.69, 9.17) is 0 Å². The van der Waals surface area contributed by atoms with Crippen molar-refractivity contribution >= 4 is 15.9 Å². The Labute approximate surface area is 80.2 Å². The fourth-order valence-corrected chi connectivity index (χ4v) is 2.61. The number of hydrogen-bond acceptors (Lipinski definition) is 1. The van der Waals surface area contributed by atoms with Crippen LogP contribution in [0.1, 0.15) is 12.8 Å². The van der Waals surface area contributed by atoms with Gasteiger partial charge < -0.3 is 4.90 Å². The third-order valence-corrected chi connectivity index (χ3v) is 2.95. The van der Waals surface area contributed by atoms with Gasteiger partial charge in [0.05, 0.1) is 6.54 Å². The summed E-state index contributed by atoms with van der Waals surface area (Å²) >= 11 is 3.47. The molecule has 4 heteroatoms. The Morgan fingerprint density at radius 3 is 2.50 bits per heavy atom. The average molecular weight is 242 g/mol. The normalized spacial score (nSPS) is 29.5. The molecule has 1 aliphatic rings. The van der Waals surface area contributed by atoms with Crippen molar-refractivity contribution in [2.75, 3.05) is 20.1 Å². The molecule has 0 saturated heterocycles. The van der Waals surface area contributed by atoms with Crippen molar-refractivity contribution < 1.29 is 8.78 Å². The summed E-state index contributed by atoms with van der Waals surface area (Å²) in [7, 11) is 1.76. The molecule has 0 aliphatic heterocycles. The van der Waals surface area contributed by atoms with E-state index in [1.807, 2.05) is 0 Å². The van der Waals surface area contributed by atoms with Crippen molar-refractivity contribution in [1.82, 2.24) is 4.90 Å². The molecule has 0 atom stereocenters. The van der Waals surface area contributed by atoms with Gasteiger partial charge in [-0.05, 0) is 25.8 Å². The van der Waals surface area contributed by atoms with Crippen LogP contribution < -0.4 is 0 Å². The lowest BCUT2D eigenvalue weighted by atomic mass is 9.85. The molecule has 1 nitrogen and oxygen atoms in total. The van der Waals surface area contributed by atoms with Gasteiger partial charge in [-0.25, -0.2) is 8.78 Å². The van der Waals surface area contributed by atoms with Crippen molar-refractivity contribution in [3.8, 4) is 0 Å². The standard InChI is InChI=1S/C8H14BrF2N/c1-12(5-8(10)11)4-6-2-7(9)3-6/h6-8H,2-5H2,1H3. The molecule has 0 unspecified atom stereocenters. The van der Waals surface area contributed by atoms with Crippen LogP contribution >= 0.6 is 15.9 Å². The van der Waals surface area contributed by atoms with Crippen LogP contribution in [0.5, 0.6) is 0 Å². The predicted molar refractivity (Wildman–Crippen MR) is 48.9 cm³/mol. The number of rotatable bonds is 4. The maximum Gasteiger partial charge on any atom is 0.251 e. The zero-order valence-corrected chi connectivity index (χ0v) is 8.73. The molecule has 0 aromatic carbocycles. The number of alkyl halides is 3. The van der Waals surface area contributed by atoms with E-state index in [2.05, 4.69) is 15.9 Å². The van der Waals surface area contributed by atoms with E-state index in [1.54, 1.807) is 11.9 Å². The van der Waals surface area contributed by atoms with Crippen molar-refractivity contribution in [2.24, 2.45) is 5.92 Å². The first kappa shape index (κ1) is 10.4. The molecule has 0 spiro atoms. The molecular weight excluding hydrogens is 228 g/mol. The SMILES string of the molecule is CN(CC(F)F)CC1CC(Br)C1. The summed E-state index contributed by atoms with van der Waals surface area (Å²) in [4.78, 5) is 2.34. The average Bonchev–Trinajstić information content (AvgIpc) is 1.82. The predicted octanol–water partition coefficient (Wildman–Crippen LogP) is 2.36. The molecule has 72 valence electrons. The highest BCUT2D eigenvalue weighted by Crippen LogP contribution is 2.33. The van der Waals surface area contributed by atoms with Gasteiger partial charge in [-0.3, -0.25) is 0 Å². The molecule has 0 amide bonds. The highest BCUT2D eigenvalue weighted by Gasteiger charge is 2.27. The van der Waals surface area contributed by atoms with Gasteiger partial charge in [0.25, 0.3) is 6.43 Å². The third kappa shape index (κ3) is 3.35. The molecule has 0 aromatic heterocycles. The number of nitrogens with zero attached hydrogens (tertiary/aromatic N) is 1. The van der Waals surface area contributed by atoms with E-state index in [1.165, 1.54) is 0 Å². The van der Waals surface area contributed by atoms with Crippen LogP contribution in [-0.4, -0.2) is 36.3 Å². The van der Waals surface area contributed by atoms with Gasteiger partial charge in [0.15, 0.2) is 0 Å². The van der Waals surface area contributed by atoms with Crippen LogP contribution in [0, 0.1) is 5.92 Å². The van der Waals surface area contributed by atoms with E-state index in [0.717, 1.165) is 19.4 Å². The second-order valence-electron chi connectivity index (χ2n) is 3.55. The minimum atomic E-state index is -2.20. The number of hydrogen-bond donors (Lipinski definition) is 0. The van der Waals surface area contributed by atoms with Crippen LogP contribution in [0.2, 0.25) is 0 Å². The summed E-state index contributed by atoms with van der Waals surface area (Å²) in [6, 6.07) is 0. The molecule has 0 bridgehead atoms. The van der Waals surface area contributed by atoms with Crippen LogP contribution in [0.15, 0.2) is 0 Å².